The van der Waals surface area contributed by atoms with Crippen LogP contribution in [0.15, 0.2) is 212 Å². The molecular formula is C52H36N4Si. The van der Waals surface area contributed by atoms with Crippen LogP contribution < -0.4 is 20.7 Å². The van der Waals surface area contributed by atoms with E-state index in [9.17, 15) is 0 Å². The van der Waals surface area contributed by atoms with Crippen molar-refractivity contribution in [1.82, 2.24) is 19.5 Å². The number of aromatic nitrogens is 4. The van der Waals surface area contributed by atoms with Crippen molar-refractivity contribution >= 4 is 50.6 Å². The Labute approximate surface area is 332 Å². The Balaban J connectivity index is 1.20. The highest BCUT2D eigenvalue weighted by Gasteiger charge is 2.41. The van der Waals surface area contributed by atoms with Gasteiger partial charge in [0.05, 0.1) is 17.0 Å². The Hall–Kier alpha value is -7.21. The van der Waals surface area contributed by atoms with Gasteiger partial charge in [-0.1, -0.05) is 200 Å². The summed E-state index contributed by atoms with van der Waals surface area (Å²) in [4.78, 5) is 16.3. The molecule has 0 unspecified atom stereocenters. The highest BCUT2D eigenvalue weighted by Crippen LogP contribution is 2.47. The maximum Gasteiger partial charge on any atom is 0.238 e. The molecule has 0 spiro atoms. The summed E-state index contributed by atoms with van der Waals surface area (Å²) >= 11 is 0. The van der Waals surface area contributed by atoms with Gasteiger partial charge in [0.25, 0.3) is 0 Å². The van der Waals surface area contributed by atoms with E-state index in [1.54, 1.807) is 0 Å². The lowest BCUT2D eigenvalue weighted by Gasteiger charge is -2.34. The van der Waals surface area contributed by atoms with Crippen LogP contribution in [0.25, 0.3) is 50.3 Å². The molecule has 11 rings (SSSR count). The SMILES string of the molecule is c1ccc([Si](c2ccccc2)(c2ccccc2)c2cccc(-c3nc(C4c5ccccc5-c5ccccc54)nc(-n4c5ccccc5c5ccccc54)n3)c2)cc1. The molecule has 2 heterocycles. The topological polar surface area (TPSA) is 43.6 Å². The third kappa shape index (κ3) is 5.24. The fraction of sp³-hybridized carbons (Fsp3) is 0.0192. The summed E-state index contributed by atoms with van der Waals surface area (Å²) in [7, 11) is -2.81. The molecule has 1 aliphatic carbocycles. The average molecular weight is 745 g/mol. The van der Waals surface area contributed by atoms with Crippen molar-refractivity contribution in [3.8, 4) is 28.5 Å². The van der Waals surface area contributed by atoms with Crippen molar-refractivity contribution in [2.75, 3.05) is 0 Å². The maximum atomic E-state index is 5.47. The first-order valence-electron chi connectivity index (χ1n) is 19.5. The quantitative estimate of drug-likeness (QED) is 0.121. The summed E-state index contributed by atoms with van der Waals surface area (Å²) in [5, 5.41) is 7.56. The van der Waals surface area contributed by atoms with Gasteiger partial charge in [0.15, 0.2) is 13.9 Å². The molecule has 0 saturated heterocycles. The van der Waals surface area contributed by atoms with Gasteiger partial charge in [-0.05, 0) is 55.1 Å². The van der Waals surface area contributed by atoms with Crippen molar-refractivity contribution in [1.29, 1.82) is 0 Å². The van der Waals surface area contributed by atoms with Gasteiger partial charge in [-0.25, -0.2) is 4.98 Å². The van der Waals surface area contributed by atoms with Crippen molar-refractivity contribution in [3.63, 3.8) is 0 Å². The molecule has 5 heteroatoms. The molecule has 0 fully saturated rings. The second-order valence-corrected chi connectivity index (χ2v) is 18.5. The van der Waals surface area contributed by atoms with Crippen LogP contribution in [-0.2, 0) is 0 Å². The minimum atomic E-state index is -2.81. The molecule has 2 aromatic heterocycles. The monoisotopic (exact) mass is 744 g/mol. The zero-order valence-corrected chi connectivity index (χ0v) is 32.1. The Kier molecular flexibility index (Phi) is 7.86. The molecule has 0 atom stereocenters. The van der Waals surface area contributed by atoms with Crippen molar-refractivity contribution in [3.05, 3.63) is 229 Å². The van der Waals surface area contributed by atoms with Gasteiger partial charge in [0.1, 0.15) is 5.82 Å². The summed E-state index contributed by atoms with van der Waals surface area (Å²) in [6.45, 7) is 0. The Morgan fingerprint density at radius 1 is 0.386 bits per heavy atom. The van der Waals surface area contributed by atoms with E-state index in [4.69, 9.17) is 15.0 Å². The van der Waals surface area contributed by atoms with Gasteiger partial charge in [-0.15, -0.1) is 0 Å². The van der Waals surface area contributed by atoms with E-state index in [1.807, 2.05) is 0 Å². The molecule has 0 radical (unpaired) electrons. The number of para-hydroxylation sites is 2. The van der Waals surface area contributed by atoms with Crippen LogP contribution in [-0.4, -0.2) is 27.6 Å². The largest absolute Gasteiger partial charge is 0.278 e. The summed E-state index contributed by atoms with van der Waals surface area (Å²) in [5.41, 5.74) is 7.95. The first kappa shape index (κ1) is 33.2. The molecule has 10 aromatic rings. The first-order chi connectivity index (χ1) is 28.3. The third-order valence-electron chi connectivity index (χ3n) is 11.7. The van der Waals surface area contributed by atoms with Gasteiger partial charge >= 0.3 is 0 Å². The fourth-order valence-electron chi connectivity index (χ4n) is 9.27. The van der Waals surface area contributed by atoms with Crippen LogP contribution in [0.5, 0.6) is 0 Å². The van der Waals surface area contributed by atoms with Crippen molar-refractivity contribution < 1.29 is 0 Å². The lowest BCUT2D eigenvalue weighted by molar-refractivity contribution is 0.823. The van der Waals surface area contributed by atoms with Crippen LogP contribution in [0, 0.1) is 0 Å². The number of hydrogen-bond acceptors (Lipinski definition) is 3. The molecule has 0 saturated carbocycles. The van der Waals surface area contributed by atoms with E-state index in [-0.39, 0.29) is 5.92 Å². The lowest BCUT2D eigenvalue weighted by Crippen LogP contribution is -2.74. The Bertz CT molecular complexity index is 2890. The molecular weight excluding hydrogens is 709 g/mol. The van der Waals surface area contributed by atoms with E-state index >= 15 is 0 Å². The minimum absolute atomic E-state index is 0.152. The Morgan fingerprint density at radius 3 is 1.39 bits per heavy atom. The van der Waals surface area contributed by atoms with E-state index in [2.05, 4.69) is 217 Å². The molecule has 0 aliphatic heterocycles. The Morgan fingerprint density at radius 2 is 0.842 bits per heavy atom. The normalized spacial score (nSPS) is 12.5. The van der Waals surface area contributed by atoms with Gasteiger partial charge < -0.3 is 0 Å². The molecule has 57 heavy (non-hydrogen) atoms. The molecule has 4 nitrogen and oxygen atoms in total. The maximum absolute atomic E-state index is 5.47. The number of nitrogens with zero attached hydrogens (tertiary/aromatic N) is 4. The number of fused-ring (bicyclic) bond motifs is 6. The third-order valence-corrected chi connectivity index (χ3v) is 16.5. The van der Waals surface area contributed by atoms with E-state index < -0.39 is 8.07 Å². The van der Waals surface area contributed by atoms with E-state index in [1.165, 1.54) is 53.8 Å². The standard InChI is InChI=1S/C52H36N4Si/c1-4-20-37(21-5-1)57(38-22-6-2-7-23-38,39-24-8-3-9-25-39)40-26-18-19-36(35-40)50-53-51(49-45-31-12-10-27-41(45)42-28-11-13-32-46(42)49)55-52(54-50)56-47-33-16-14-29-43(47)44-30-15-17-34-48(44)56/h1-35,49H. The second-order valence-electron chi connectivity index (χ2n) is 14.7. The molecule has 268 valence electrons. The van der Waals surface area contributed by atoms with Crippen LogP contribution in [0.1, 0.15) is 22.9 Å². The zero-order chi connectivity index (χ0) is 37.8. The average Bonchev–Trinajstić information content (AvgIpc) is 3.81. The lowest BCUT2D eigenvalue weighted by atomic mass is 9.96. The van der Waals surface area contributed by atoms with Gasteiger partial charge in [-0.3, -0.25) is 4.57 Å². The molecule has 0 bridgehead atoms. The molecule has 0 amide bonds. The van der Waals surface area contributed by atoms with Crippen LogP contribution in [0.3, 0.4) is 0 Å². The highest BCUT2D eigenvalue weighted by molar-refractivity contribution is 7.19. The zero-order valence-electron chi connectivity index (χ0n) is 31.1. The molecule has 0 N–H and O–H groups in total. The predicted molar refractivity (Wildman–Crippen MR) is 236 cm³/mol. The van der Waals surface area contributed by atoms with Gasteiger partial charge in [0, 0.05) is 16.3 Å². The summed E-state index contributed by atoms with van der Waals surface area (Å²) < 4.78 is 2.22. The number of hydrogen-bond donors (Lipinski definition) is 0. The molecule has 1 aliphatic rings. The van der Waals surface area contributed by atoms with E-state index in [0.717, 1.165) is 22.4 Å². The van der Waals surface area contributed by atoms with Crippen molar-refractivity contribution in [2.45, 2.75) is 5.92 Å². The van der Waals surface area contributed by atoms with Crippen LogP contribution in [0.2, 0.25) is 0 Å². The minimum Gasteiger partial charge on any atom is -0.278 e. The summed E-state index contributed by atoms with van der Waals surface area (Å²) in [5.74, 6) is 1.84. The summed E-state index contributed by atoms with van der Waals surface area (Å²) in [6, 6.07) is 76.6. The van der Waals surface area contributed by atoms with Crippen molar-refractivity contribution in [2.24, 2.45) is 0 Å². The van der Waals surface area contributed by atoms with Gasteiger partial charge in [0.2, 0.25) is 5.95 Å². The fourth-order valence-corrected chi connectivity index (χ4v) is 14.1. The highest BCUT2D eigenvalue weighted by atomic mass is 28.3. The van der Waals surface area contributed by atoms with Crippen LogP contribution >= 0.6 is 0 Å². The molecule has 8 aromatic carbocycles. The van der Waals surface area contributed by atoms with E-state index in [0.29, 0.717) is 11.8 Å². The van der Waals surface area contributed by atoms with Gasteiger partial charge in [-0.2, -0.15) is 9.97 Å². The smallest absolute Gasteiger partial charge is 0.238 e. The number of benzene rings is 8. The second kappa shape index (κ2) is 13.5. The predicted octanol–water partition coefficient (Wildman–Crippen LogP) is 9.17. The summed E-state index contributed by atoms with van der Waals surface area (Å²) in [6.07, 6.45) is 0. The first-order valence-corrected chi connectivity index (χ1v) is 21.5. The number of rotatable bonds is 7. The van der Waals surface area contributed by atoms with Crippen LogP contribution in [0.4, 0.5) is 0 Å².